The van der Waals surface area contributed by atoms with Crippen molar-refractivity contribution in [3.05, 3.63) is 17.5 Å². The maximum absolute atomic E-state index is 11.5. The van der Waals surface area contributed by atoms with Crippen LogP contribution in [0.5, 0.6) is 0 Å². The van der Waals surface area contributed by atoms with Gasteiger partial charge in [0.05, 0.1) is 0 Å². The number of rotatable bonds is 6. The van der Waals surface area contributed by atoms with Crippen molar-refractivity contribution in [3.8, 4) is 0 Å². The van der Waals surface area contributed by atoms with E-state index < -0.39 is 0 Å². The summed E-state index contributed by atoms with van der Waals surface area (Å²) >= 11 is 0. The number of halogens is 1. The molecule has 16 heavy (non-hydrogen) atoms. The molecule has 0 bridgehead atoms. The summed E-state index contributed by atoms with van der Waals surface area (Å²) in [6, 6.07) is 1.79. The number of aryl methyl sites for hydroxylation is 1. The summed E-state index contributed by atoms with van der Waals surface area (Å²) in [4.78, 5) is 11.5. The molecule has 0 radical (unpaired) electrons. The third kappa shape index (κ3) is 4.63. The van der Waals surface area contributed by atoms with Gasteiger partial charge in [-0.2, -0.15) is 5.10 Å². The lowest BCUT2D eigenvalue weighted by Gasteiger charge is -2.01. The summed E-state index contributed by atoms with van der Waals surface area (Å²) in [5, 5.41) is 12.6. The van der Waals surface area contributed by atoms with E-state index in [9.17, 15) is 4.79 Å². The fraction of sp³-hybridized carbons (Fsp3) is 0.600. The van der Waals surface area contributed by atoms with Crippen molar-refractivity contribution in [1.29, 1.82) is 0 Å². The van der Waals surface area contributed by atoms with Gasteiger partial charge >= 0.3 is 0 Å². The number of aromatic nitrogens is 2. The molecule has 0 unspecified atom stereocenters. The fourth-order valence-corrected chi connectivity index (χ4v) is 1.22. The molecule has 1 aromatic rings. The first-order chi connectivity index (χ1) is 7.27. The Morgan fingerprint density at radius 2 is 2.25 bits per heavy atom. The second kappa shape index (κ2) is 8.13. The van der Waals surface area contributed by atoms with E-state index in [1.54, 1.807) is 6.07 Å². The lowest BCUT2D eigenvalue weighted by Crippen LogP contribution is -2.26. The van der Waals surface area contributed by atoms with Crippen molar-refractivity contribution in [2.24, 2.45) is 0 Å². The van der Waals surface area contributed by atoms with Crippen LogP contribution in [0.3, 0.4) is 0 Å². The minimum absolute atomic E-state index is 0. The Balaban J connectivity index is 0.00000225. The second-order valence-electron chi connectivity index (χ2n) is 3.34. The van der Waals surface area contributed by atoms with Crippen LogP contribution in [-0.4, -0.2) is 36.2 Å². The molecule has 6 heteroatoms. The summed E-state index contributed by atoms with van der Waals surface area (Å²) in [6.45, 7) is 3.59. The molecule has 0 aliphatic carbocycles. The van der Waals surface area contributed by atoms with Gasteiger partial charge in [-0.05, 0) is 32.5 Å². The Hall–Kier alpha value is -1.07. The third-order valence-corrected chi connectivity index (χ3v) is 2.13. The smallest absolute Gasteiger partial charge is 0.271 e. The van der Waals surface area contributed by atoms with Gasteiger partial charge in [-0.25, -0.2) is 0 Å². The number of H-pyrrole nitrogens is 1. The largest absolute Gasteiger partial charge is 0.351 e. The Labute approximate surface area is 102 Å². The highest BCUT2D eigenvalue weighted by atomic mass is 35.5. The van der Waals surface area contributed by atoms with Gasteiger partial charge < -0.3 is 10.6 Å². The molecular weight excluding hydrogens is 228 g/mol. The second-order valence-corrected chi connectivity index (χ2v) is 3.34. The number of carbonyl (C=O) groups excluding carboxylic acids is 1. The summed E-state index contributed by atoms with van der Waals surface area (Å²) in [5.74, 6) is -0.109. The van der Waals surface area contributed by atoms with Crippen molar-refractivity contribution in [2.45, 2.75) is 19.8 Å². The van der Waals surface area contributed by atoms with Crippen LogP contribution in [0.25, 0.3) is 0 Å². The zero-order valence-electron chi connectivity index (χ0n) is 9.67. The molecule has 1 heterocycles. The number of nitrogens with zero attached hydrogens (tertiary/aromatic N) is 1. The first-order valence-corrected chi connectivity index (χ1v) is 5.25. The first-order valence-electron chi connectivity index (χ1n) is 5.25. The van der Waals surface area contributed by atoms with Crippen LogP contribution in [0, 0.1) is 0 Å². The van der Waals surface area contributed by atoms with Crippen molar-refractivity contribution in [3.63, 3.8) is 0 Å². The Morgan fingerprint density at radius 1 is 1.50 bits per heavy atom. The Morgan fingerprint density at radius 3 is 2.81 bits per heavy atom. The van der Waals surface area contributed by atoms with Crippen LogP contribution in [0.2, 0.25) is 0 Å². The predicted octanol–water partition coefficient (Wildman–Crippen LogP) is 0.733. The number of nitrogens with one attached hydrogen (secondary N) is 3. The van der Waals surface area contributed by atoms with Crippen LogP contribution < -0.4 is 10.6 Å². The molecule has 1 aromatic heterocycles. The standard InChI is InChI=1S/C10H18N4O.ClH/c1-3-8-7-9(14-13-8)10(15)12-6-4-5-11-2;/h7,11H,3-6H2,1-2H3,(H,12,15)(H,13,14);1H. The van der Waals surface area contributed by atoms with Gasteiger partial charge in [0.15, 0.2) is 0 Å². The molecule has 0 fully saturated rings. The number of hydrogen-bond acceptors (Lipinski definition) is 3. The molecule has 0 aliphatic heterocycles. The lowest BCUT2D eigenvalue weighted by atomic mass is 10.3. The van der Waals surface area contributed by atoms with Crippen LogP contribution in [-0.2, 0) is 6.42 Å². The molecule has 0 atom stereocenters. The first kappa shape index (κ1) is 14.9. The number of hydrogen-bond donors (Lipinski definition) is 3. The van der Waals surface area contributed by atoms with Gasteiger partial charge in [0.1, 0.15) is 5.69 Å². The molecular formula is C10H19ClN4O. The molecule has 3 N–H and O–H groups in total. The molecule has 5 nitrogen and oxygen atoms in total. The zero-order chi connectivity index (χ0) is 11.1. The van der Waals surface area contributed by atoms with E-state index in [2.05, 4.69) is 20.8 Å². The van der Waals surface area contributed by atoms with Crippen molar-refractivity contribution >= 4 is 18.3 Å². The highest BCUT2D eigenvalue weighted by Gasteiger charge is 2.08. The van der Waals surface area contributed by atoms with E-state index in [0.29, 0.717) is 12.2 Å². The Bertz CT molecular complexity index is 314. The van der Waals surface area contributed by atoms with E-state index in [1.165, 1.54) is 0 Å². The molecule has 92 valence electrons. The van der Waals surface area contributed by atoms with Crippen LogP contribution >= 0.6 is 12.4 Å². The van der Waals surface area contributed by atoms with E-state index in [0.717, 1.165) is 25.1 Å². The SMILES string of the molecule is CCc1cc(C(=O)NCCCNC)n[nH]1.Cl. The van der Waals surface area contributed by atoms with E-state index >= 15 is 0 Å². The number of carbonyl (C=O) groups is 1. The molecule has 1 amide bonds. The number of amides is 1. The topological polar surface area (TPSA) is 69.8 Å². The average molecular weight is 247 g/mol. The quantitative estimate of drug-likeness (QED) is 0.649. The maximum Gasteiger partial charge on any atom is 0.271 e. The summed E-state index contributed by atoms with van der Waals surface area (Å²) in [5.41, 5.74) is 1.45. The molecule has 0 aliphatic rings. The van der Waals surface area contributed by atoms with Gasteiger partial charge in [0.2, 0.25) is 0 Å². The van der Waals surface area contributed by atoms with Crippen molar-refractivity contribution in [1.82, 2.24) is 20.8 Å². The molecule has 0 saturated heterocycles. The van der Waals surface area contributed by atoms with Crippen LogP contribution in [0.4, 0.5) is 0 Å². The summed E-state index contributed by atoms with van der Waals surface area (Å²) < 4.78 is 0. The highest BCUT2D eigenvalue weighted by Crippen LogP contribution is 1.99. The minimum atomic E-state index is -0.109. The summed E-state index contributed by atoms with van der Waals surface area (Å²) in [7, 11) is 1.89. The van der Waals surface area contributed by atoms with Crippen LogP contribution in [0.1, 0.15) is 29.5 Å². The fourth-order valence-electron chi connectivity index (χ4n) is 1.22. The summed E-state index contributed by atoms with van der Waals surface area (Å²) in [6.07, 6.45) is 1.79. The van der Waals surface area contributed by atoms with E-state index in [4.69, 9.17) is 0 Å². The van der Waals surface area contributed by atoms with Crippen molar-refractivity contribution < 1.29 is 4.79 Å². The normalized spacial score (nSPS) is 9.62. The van der Waals surface area contributed by atoms with Crippen LogP contribution in [0.15, 0.2) is 6.07 Å². The van der Waals surface area contributed by atoms with Crippen molar-refractivity contribution in [2.75, 3.05) is 20.1 Å². The molecule has 0 aromatic carbocycles. The molecule has 0 spiro atoms. The third-order valence-electron chi connectivity index (χ3n) is 2.13. The van der Waals surface area contributed by atoms with Gasteiger partial charge in [0, 0.05) is 12.2 Å². The molecule has 1 rings (SSSR count). The highest BCUT2D eigenvalue weighted by molar-refractivity contribution is 5.92. The monoisotopic (exact) mass is 246 g/mol. The zero-order valence-corrected chi connectivity index (χ0v) is 10.5. The predicted molar refractivity (Wildman–Crippen MR) is 66.1 cm³/mol. The Kier molecular flexibility index (Phi) is 7.58. The maximum atomic E-state index is 11.5. The van der Waals surface area contributed by atoms with Gasteiger partial charge in [0.25, 0.3) is 5.91 Å². The van der Waals surface area contributed by atoms with Gasteiger partial charge in [-0.3, -0.25) is 9.89 Å². The van der Waals surface area contributed by atoms with E-state index in [-0.39, 0.29) is 18.3 Å². The van der Waals surface area contributed by atoms with E-state index in [1.807, 2.05) is 14.0 Å². The average Bonchev–Trinajstić information content (AvgIpc) is 2.72. The minimum Gasteiger partial charge on any atom is -0.351 e. The van der Waals surface area contributed by atoms with Gasteiger partial charge in [-0.15, -0.1) is 12.4 Å². The number of aromatic amines is 1. The lowest BCUT2D eigenvalue weighted by molar-refractivity contribution is 0.0948. The molecule has 0 saturated carbocycles. The van der Waals surface area contributed by atoms with Gasteiger partial charge in [-0.1, -0.05) is 6.92 Å².